The number of unbranched alkanes of at least 4 members (excludes halogenated alkanes) is 1. The zero-order valence-corrected chi connectivity index (χ0v) is 21.1. The molecule has 0 bridgehead atoms. The Kier molecular flexibility index (Phi) is 8.68. The monoisotopic (exact) mass is 502 g/mol. The highest BCUT2D eigenvalue weighted by Gasteiger charge is 2.48. The first-order chi connectivity index (χ1) is 17.4. The number of aliphatic carboxylic acids is 1. The van der Waals surface area contributed by atoms with Crippen LogP contribution in [0.2, 0.25) is 0 Å². The van der Waals surface area contributed by atoms with Crippen LogP contribution in [0, 0.1) is 5.92 Å². The zero-order valence-electron chi connectivity index (χ0n) is 21.1. The Balaban J connectivity index is 1.60. The number of hydrogen-bond donors (Lipinski definition) is 2. The molecular weight excluding hydrogens is 464 g/mol. The second kappa shape index (κ2) is 11.9. The molecule has 3 aliphatic rings. The molecular formula is C26H38N4O6. The van der Waals surface area contributed by atoms with E-state index in [0.717, 1.165) is 31.2 Å². The van der Waals surface area contributed by atoms with Gasteiger partial charge >= 0.3 is 5.97 Å². The number of nitrogens with zero attached hydrogens (tertiary/aromatic N) is 3. The molecule has 0 spiro atoms. The first-order valence-electron chi connectivity index (χ1n) is 13.0. The predicted molar refractivity (Wildman–Crippen MR) is 133 cm³/mol. The SMILES string of the molecule is CCCCN(CCCN)C(=O)CN1CC(c2ccc3c(c2)OCO3)C(C(=O)O)C1CN1CCCC1=O. The lowest BCUT2D eigenvalue weighted by molar-refractivity contribution is -0.144. The summed E-state index contributed by atoms with van der Waals surface area (Å²) in [5.41, 5.74) is 6.54. The van der Waals surface area contributed by atoms with Crippen molar-refractivity contribution in [2.45, 2.75) is 51.0 Å². The fourth-order valence-corrected chi connectivity index (χ4v) is 5.59. The second-order valence-corrected chi connectivity index (χ2v) is 9.90. The third-order valence-electron chi connectivity index (χ3n) is 7.54. The van der Waals surface area contributed by atoms with E-state index in [0.29, 0.717) is 57.2 Å². The first-order valence-corrected chi connectivity index (χ1v) is 13.0. The summed E-state index contributed by atoms with van der Waals surface area (Å²) in [6, 6.07) is 5.07. The number of hydrogen-bond acceptors (Lipinski definition) is 7. The molecule has 1 aromatic rings. The van der Waals surface area contributed by atoms with Gasteiger partial charge in [-0.05, 0) is 43.5 Å². The Bertz CT molecular complexity index is 948. The maximum absolute atomic E-state index is 13.4. The standard InChI is InChI=1S/C26H38N4O6/c1-2-3-10-28(12-5-9-27)24(32)16-30-14-19(18-7-8-21-22(13-18)36-17-35-21)25(26(33)34)20(30)15-29-11-4-6-23(29)31/h7-8,13,19-20,25H,2-6,9-12,14-17,27H2,1H3,(H,33,34). The molecule has 3 unspecified atom stereocenters. The lowest BCUT2D eigenvalue weighted by atomic mass is 9.85. The summed E-state index contributed by atoms with van der Waals surface area (Å²) >= 11 is 0. The minimum atomic E-state index is -0.921. The minimum Gasteiger partial charge on any atom is -0.481 e. The smallest absolute Gasteiger partial charge is 0.308 e. The van der Waals surface area contributed by atoms with Gasteiger partial charge in [-0.25, -0.2) is 0 Å². The molecule has 36 heavy (non-hydrogen) atoms. The van der Waals surface area contributed by atoms with Crippen molar-refractivity contribution in [1.29, 1.82) is 0 Å². The van der Waals surface area contributed by atoms with Crippen molar-refractivity contribution in [3.8, 4) is 11.5 Å². The number of nitrogens with two attached hydrogens (primary N) is 1. The number of fused-ring (bicyclic) bond motifs is 1. The van der Waals surface area contributed by atoms with Crippen LogP contribution in [-0.2, 0) is 14.4 Å². The molecule has 2 fully saturated rings. The maximum Gasteiger partial charge on any atom is 0.308 e. The highest BCUT2D eigenvalue weighted by atomic mass is 16.7. The van der Waals surface area contributed by atoms with E-state index in [1.807, 2.05) is 28.0 Å². The number of carboxylic acids is 1. The molecule has 4 rings (SSSR count). The van der Waals surface area contributed by atoms with Crippen LogP contribution in [0.4, 0.5) is 0 Å². The van der Waals surface area contributed by atoms with Gasteiger partial charge in [-0.1, -0.05) is 19.4 Å². The molecule has 0 radical (unpaired) electrons. The Labute approximate surface area is 212 Å². The highest BCUT2D eigenvalue weighted by molar-refractivity contribution is 5.80. The Hall–Kier alpha value is -2.85. The lowest BCUT2D eigenvalue weighted by Crippen LogP contribution is -2.49. The summed E-state index contributed by atoms with van der Waals surface area (Å²) < 4.78 is 11.0. The van der Waals surface area contributed by atoms with E-state index in [9.17, 15) is 19.5 Å². The number of carboxylic acid groups (broad SMARTS) is 1. The van der Waals surface area contributed by atoms with Gasteiger partial charge in [0.05, 0.1) is 12.5 Å². The topological polar surface area (TPSA) is 126 Å². The molecule has 0 aliphatic carbocycles. The Morgan fingerprint density at radius 1 is 1.19 bits per heavy atom. The van der Waals surface area contributed by atoms with E-state index >= 15 is 0 Å². The molecule has 10 heteroatoms. The molecule has 3 atom stereocenters. The van der Waals surface area contributed by atoms with Crippen LogP contribution in [-0.4, -0.2) is 96.2 Å². The quantitative estimate of drug-likeness (QED) is 0.440. The third-order valence-corrected chi connectivity index (χ3v) is 7.54. The van der Waals surface area contributed by atoms with Gasteiger partial charge in [-0.2, -0.15) is 0 Å². The molecule has 198 valence electrons. The molecule has 10 nitrogen and oxygen atoms in total. The minimum absolute atomic E-state index is 0.0230. The third kappa shape index (κ3) is 5.75. The largest absolute Gasteiger partial charge is 0.481 e. The van der Waals surface area contributed by atoms with Crippen molar-refractivity contribution in [1.82, 2.24) is 14.7 Å². The maximum atomic E-state index is 13.4. The van der Waals surface area contributed by atoms with E-state index in [2.05, 4.69) is 6.92 Å². The fraction of sp³-hybridized carbons (Fsp3) is 0.654. The van der Waals surface area contributed by atoms with Crippen molar-refractivity contribution in [2.24, 2.45) is 11.7 Å². The molecule has 3 aliphatic heterocycles. The summed E-state index contributed by atoms with van der Waals surface area (Å²) in [5, 5.41) is 10.3. The molecule has 1 aromatic carbocycles. The van der Waals surface area contributed by atoms with Gasteiger partial charge < -0.3 is 30.1 Å². The second-order valence-electron chi connectivity index (χ2n) is 9.90. The van der Waals surface area contributed by atoms with Crippen LogP contribution in [0.5, 0.6) is 11.5 Å². The summed E-state index contributed by atoms with van der Waals surface area (Å²) in [6.07, 6.45) is 3.86. The Morgan fingerprint density at radius 3 is 2.67 bits per heavy atom. The van der Waals surface area contributed by atoms with Crippen molar-refractivity contribution >= 4 is 17.8 Å². The van der Waals surface area contributed by atoms with Crippen LogP contribution < -0.4 is 15.2 Å². The average molecular weight is 503 g/mol. The number of rotatable bonds is 12. The van der Waals surface area contributed by atoms with E-state index in [-0.39, 0.29) is 31.1 Å². The van der Waals surface area contributed by atoms with Crippen molar-refractivity contribution < 1.29 is 29.0 Å². The lowest BCUT2D eigenvalue weighted by Gasteiger charge is -2.32. The molecule has 0 aromatic heterocycles. The van der Waals surface area contributed by atoms with Crippen LogP contribution >= 0.6 is 0 Å². The average Bonchev–Trinajstić information content (AvgIpc) is 3.58. The highest BCUT2D eigenvalue weighted by Crippen LogP contribution is 2.42. The van der Waals surface area contributed by atoms with Gasteiger partial charge in [0.2, 0.25) is 18.6 Å². The van der Waals surface area contributed by atoms with E-state index in [4.69, 9.17) is 15.2 Å². The van der Waals surface area contributed by atoms with Gasteiger partial charge in [-0.3, -0.25) is 19.3 Å². The normalized spacial score (nSPS) is 23.4. The van der Waals surface area contributed by atoms with E-state index in [1.54, 1.807) is 4.90 Å². The van der Waals surface area contributed by atoms with Crippen molar-refractivity contribution in [2.75, 3.05) is 52.6 Å². The number of likely N-dealkylation sites (tertiary alicyclic amines) is 2. The van der Waals surface area contributed by atoms with E-state index < -0.39 is 17.9 Å². The fourth-order valence-electron chi connectivity index (χ4n) is 5.59. The van der Waals surface area contributed by atoms with Crippen LogP contribution in [0.3, 0.4) is 0 Å². The molecule has 0 saturated carbocycles. The molecule has 3 N–H and O–H groups in total. The first kappa shape index (κ1) is 26.2. The van der Waals surface area contributed by atoms with Crippen LogP contribution in [0.25, 0.3) is 0 Å². The number of benzene rings is 1. The summed E-state index contributed by atoms with van der Waals surface area (Å²) in [6.45, 7) is 5.44. The number of carbonyl (C=O) groups excluding carboxylic acids is 2. The summed E-state index contributed by atoms with van der Waals surface area (Å²) in [5.74, 6) is -0.767. The number of ether oxygens (including phenoxy) is 2. The number of amides is 2. The van der Waals surface area contributed by atoms with Gasteiger partial charge in [0.25, 0.3) is 0 Å². The van der Waals surface area contributed by atoms with Crippen molar-refractivity contribution in [3.05, 3.63) is 23.8 Å². The predicted octanol–water partition coefficient (Wildman–Crippen LogP) is 1.48. The van der Waals surface area contributed by atoms with Gasteiger partial charge in [0.15, 0.2) is 11.5 Å². The van der Waals surface area contributed by atoms with Gasteiger partial charge in [0, 0.05) is 51.1 Å². The van der Waals surface area contributed by atoms with Crippen LogP contribution in [0.15, 0.2) is 18.2 Å². The summed E-state index contributed by atoms with van der Waals surface area (Å²) in [7, 11) is 0. The zero-order chi connectivity index (χ0) is 25.7. The van der Waals surface area contributed by atoms with Gasteiger partial charge in [0.1, 0.15) is 0 Å². The molecule has 3 heterocycles. The summed E-state index contributed by atoms with van der Waals surface area (Å²) in [4.78, 5) is 44.1. The van der Waals surface area contributed by atoms with Crippen molar-refractivity contribution in [3.63, 3.8) is 0 Å². The molecule has 2 saturated heterocycles. The van der Waals surface area contributed by atoms with E-state index in [1.165, 1.54) is 0 Å². The Morgan fingerprint density at radius 2 is 1.97 bits per heavy atom. The van der Waals surface area contributed by atoms with Crippen LogP contribution in [0.1, 0.15) is 50.5 Å². The molecule has 2 amide bonds. The van der Waals surface area contributed by atoms with Gasteiger partial charge in [-0.15, -0.1) is 0 Å². The number of carbonyl (C=O) groups is 3.